The summed E-state index contributed by atoms with van der Waals surface area (Å²) in [5.41, 5.74) is 3.75. The number of aliphatic hydroxyl groups is 1. The molecule has 1 aliphatic rings. The number of rotatable bonds is 23. The lowest BCUT2D eigenvalue weighted by atomic mass is 9.94. The van der Waals surface area contributed by atoms with E-state index in [1.54, 1.807) is 0 Å². The van der Waals surface area contributed by atoms with Crippen molar-refractivity contribution in [2.75, 3.05) is 46.2 Å². The normalized spacial score (nSPS) is 21.9. The van der Waals surface area contributed by atoms with Crippen molar-refractivity contribution in [2.24, 2.45) is 0 Å². The van der Waals surface area contributed by atoms with Gasteiger partial charge in [-0.3, -0.25) is 0 Å². The molecule has 0 saturated carbocycles. The third-order valence-electron chi connectivity index (χ3n) is 7.95. The van der Waals surface area contributed by atoms with Gasteiger partial charge in [0.15, 0.2) is 0 Å². The van der Waals surface area contributed by atoms with E-state index in [2.05, 4.69) is 64.1 Å². The maximum Gasteiger partial charge on any atom is 0.119 e. The Morgan fingerprint density at radius 1 is 0.659 bits per heavy atom. The number of hydrogen-bond acceptors (Lipinski definition) is 7. The van der Waals surface area contributed by atoms with Crippen molar-refractivity contribution in [1.82, 2.24) is 0 Å². The minimum Gasteiger partial charge on any atom is -0.491 e. The molecular weight excluding hydrogens is 572 g/mol. The van der Waals surface area contributed by atoms with Gasteiger partial charge in [0.2, 0.25) is 0 Å². The van der Waals surface area contributed by atoms with Crippen molar-refractivity contribution in [3.63, 3.8) is 0 Å². The van der Waals surface area contributed by atoms with Crippen LogP contribution in [0.3, 0.4) is 0 Å². The van der Waals surface area contributed by atoms with Crippen molar-refractivity contribution < 1.29 is 28.8 Å². The van der Waals surface area contributed by atoms with Gasteiger partial charge in [-0.15, -0.1) is 11.8 Å². The van der Waals surface area contributed by atoms with Gasteiger partial charge < -0.3 is 28.8 Å². The summed E-state index contributed by atoms with van der Waals surface area (Å²) in [6.07, 6.45) is 9.04. The molecule has 5 atom stereocenters. The van der Waals surface area contributed by atoms with Gasteiger partial charge in [0.1, 0.15) is 30.7 Å². The van der Waals surface area contributed by atoms with Gasteiger partial charge in [-0.1, -0.05) is 89.8 Å². The Balaban J connectivity index is 1.90. The molecule has 7 heteroatoms. The lowest BCUT2D eigenvalue weighted by Gasteiger charge is -2.46. The van der Waals surface area contributed by atoms with Gasteiger partial charge in [-0.2, -0.15) is 0 Å². The molecule has 0 unspecified atom stereocenters. The fourth-order valence-corrected chi connectivity index (χ4v) is 7.04. The molecule has 0 amide bonds. The molecule has 1 heterocycles. The number of hydrogen-bond donors (Lipinski definition) is 1. The number of unbranched alkanes of at least 4 members (excludes halogenated alkanes) is 4. The molecule has 0 aromatic heterocycles. The van der Waals surface area contributed by atoms with E-state index < -0.39 is 0 Å². The van der Waals surface area contributed by atoms with Crippen LogP contribution in [0.4, 0.5) is 0 Å². The Hall–Kier alpha value is -1.61. The standard InChI is InChI=1S/C37H58O6S/c1-5-9-21-39-28-33-34(41-22-10-6-2)35(42-23-11-7-3)36(43-24-12-8-4)37(44-33)31-15-13-14-30(27-31)26-29-16-18-32(19-17-29)40-25-20-38/h13-19,27,33-38H,5-12,20-26,28H2,1-4H3/t33-,34-,35+,36-,37+/m1/s1. The zero-order valence-corrected chi connectivity index (χ0v) is 28.5. The van der Waals surface area contributed by atoms with Crippen LogP contribution in [-0.2, 0) is 25.4 Å². The quantitative estimate of drug-likeness (QED) is 0.124. The summed E-state index contributed by atoms with van der Waals surface area (Å²) in [5.74, 6) is 0.777. The first-order chi connectivity index (χ1) is 21.6. The highest BCUT2D eigenvalue weighted by molar-refractivity contribution is 8.00. The summed E-state index contributed by atoms with van der Waals surface area (Å²) < 4.78 is 32.0. The second kappa shape index (κ2) is 22.0. The SMILES string of the molecule is CCCCOC[C@H]1S[C@@H](c2cccc(Cc3ccc(OCCO)cc3)c2)[C@H](OCCCC)[C@@H](OCCCC)[C@@H]1OCCCC. The molecule has 6 nitrogen and oxygen atoms in total. The molecule has 44 heavy (non-hydrogen) atoms. The van der Waals surface area contributed by atoms with Gasteiger partial charge >= 0.3 is 0 Å². The summed E-state index contributed by atoms with van der Waals surface area (Å²) in [7, 11) is 0. The van der Waals surface area contributed by atoms with E-state index in [0.717, 1.165) is 83.4 Å². The molecular formula is C37H58O6S. The van der Waals surface area contributed by atoms with Crippen LogP contribution < -0.4 is 4.74 Å². The van der Waals surface area contributed by atoms with Crippen LogP contribution in [0.15, 0.2) is 48.5 Å². The molecule has 0 bridgehead atoms. The zero-order valence-electron chi connectivity index (χ0n) is 27.7. The first kappa shape index (κ1) is 36.9. The molecule has 248 valence electrons. The van der Waals surface area contributed by atoms with Crippen molar-refractivity contribution in [3.05, 3.63) is 65.2 Å². The zero-order chi connectivity index (χ0) is 31.4. The third kappa shape index (κ3) is 12.3. The summed E-state index contributed by atoms with van der Waals surface area (Å²) >= 11 is 1.95. The minimum absolute atomic E-state index is 0.0126. The summed E-state index contributed by atoms with van der Waals surface area (Å²) in [6.45, 7) is 12.7. The van der Waals surface area contributed by atoms with Crippen LogP contribution in [0.5, 0.6) is 5.75 Å². The van der Waals surface area contributed by atoms with E-state index in [1.165, 1.54) is 16.7 Å². The Bertz CT molecular complexity index is 1000. The maximum absolute atomic E-state index is 9.05. The van der Waals surface area contributed by atoms with Gasteiger partial charge in [0.25, 0.3) is 0 Å². The molecule has 1 saturated heterocycles. The van der Waals surface area contributed by atoms with Crippen molar-refractivity contribution in [3.8, 4) is 5.75 Å². The average molecular weight is 631 g/mol. The minimum atomic E-state index is -0.156. The van der Waals surface area contributed by atoms with E-state index in [-0.39, 0.29) is 35.4 Å². The molecule has 2 aromatic rings. The lowest BCUT2D eigenvalue weighted by Crippen LogP contribution is -2.55. The van der Waals surface area contributed by atoms with Crippen LogP contribution in [0.1, 0.15) is 101 Å². The molecule has 1 aliphatic heterocycles. The molecule has 1 fully saturated rings. The van der Waals surface area contributed by atoms with Crippen molar-refractivity contribution in [1.29, 1.82) is 0 Å². The van der Waals surface area contributed by atoms with E-state index in [9.17, 15) is 0 Å². The van der Waals surface area contributed by atoms with E-state index >= 15 is 0 Å². The fraction of sp³-hybridized carbons (Fsp3) is 0.676. The Labute approximate surface area is 271 Å². The monoisotopic (exact) mass is 630 g/mol. The number of thioether (sulfide) groups is 1. The van der Waals surface area contributed by atoms with Gasteiger partial charge in [-0.25, -0.2) is 0 Å². The first-order valence-corrected chi connectivity index (χ1v) is 18.1. The number of aliphatic hydroxyl groups excluding tert-OH is 1. The molecule has 0 radical (unpaired) electrons. The van der Waals surface area contributed by atoms with Crippen LogP contribution in [0, 0.1) is 0 Å². The number of benzene rings is 2. The summed E-state index contributed by atoms with van der Waals surface area (Å²) in [4.78, 5) is 0. The first-order valence-electron chi connectivity index (χ1n) is 17.1. The van der Waals surface area contributed by atoms with Crippen LogP contribution >= 0.6 is 11.8 Å². The van der Waals surface area contributed by atoms with E-state index in [4.69, 9.17) is 28.8 Å². The summed E-state index contributed by atoms with van der Waals surface area (Å²) in [6, 6.07) is 17.1. The number of ether oxygens (including phenoxy) is 5. The average Bonchev–Trinajstić information content (AvgIpc) is 3.04. The van der Waals surface area contributed by atoms with Crippen molar-refractivity contribution >= 4 is 11.8 Å². The smallest absolute Gasteiger partial charge is 0.119 e. The highest BCUT2D eigenvalue weighted by Crippen LogP contribution is 2.47. The highest BCUT2D eigenvalue weighted by Gasteiger charge is 2.48. The topological polar surface area (TPSA) is 66.4 Å². The second-order valence-corrected chi connectivity index (χ2v) is 13.1. The lowest BCUT2D eigenvalue weighted by molar-refractivity contribution is -0.149. The fourth-order valence-electron chi connectivity index (χ4n) is 5.41. The van der Waals surface area contributed by atoms with E-state index in [1.807, 2.05) is 23.9 Å². The van der Waals surface area contributed by atoms with Gasteiger partial charge in [0, 0.05) is 26.4 Å². The Morgan fingerprint density at radius 3 is 1.91 bits per heavy atom. The largest absolute Gasteiger partial charge is 0.491 e. The molecule has 2 aromatic carbocycles. The van der Waals surface area contributed by atoms with Crippen LogP contribution in [-0.4, -0.2) is 74.9 Å². The van der Waals surface area contributed by atoms with Gasteiger partial charge in [0.05, 0.1) is 23.7 Å². The predicted octanol–water partition coefficient (Wildman–Crippen LogP) is 8.18. The maximum atomic E-state index is 9.05. The molecule has 0 aliphatic carbocycles. The van der Waals surface area contributed by atoms with E-state index in [0.29, 0.717) is 19.8 Å². The molecule has 1 N–H and O–H groups in total. The van der Waals surface area contributed by atoms with Crippen LogP contribution in [0.2, 0.25) is 0 Å². The highest BCUT2D eigenvalue weighted by atomic mass is 32.2. The van der Waals surface area contributed by atoms with Gasteiger partial charge in [-0.05, 0) is 60.9 Å². The predicted molar refractivity (Wildman–Crippen MR) is 182 cm³/mol. The van der Waals surface area contributed by atoms with Crippen molar-refractivity contribution in [2.45, 2.75) is 114 Å². The second-order valence-electron chi connectivity index (χ2n) is 11.7. The Kier molecular flexibility index (Phi) is 18.4. The Morgan fingerprint density at radius 2 is 1.27 bits per heavy atom. The molecule has 0 spiro atoms. The van der Waals surface area contributed by atoms with Crippen LogP contribution in [0.25, 0.3) is 0 Å². The third-order valence-corrected chi connectivity index (χ3v) is 9.54. The summed E-state index contributed by atoms with van der Waals surface area (Å²) in [5, 5.41) is 9.31. The molecule has 3 rings (SSSR count).